The predicted octanol–water partition coefficient (Wildman–Crippen LogP) is 0.977. The summed E-state index contributed by atoms with van der Waals surface area (Å²) in [4.78, 5) is 14.5. The molecule has 0 saturated carbocycles. The van der Waals surface area contributed by atoms with E-state index in [9.17, 15) is 4.79 Å². The van der Waals surface area contributed by atoms with Crippen molar-refractivity contribution in [2.45, 2.75) is 19.2 Å². The Labute approximate surface area is 64.7 Å². The normalized spacial score (nSPS) is 14.6. The van der Waals surface area contributed by atoms with Gasteiger partial charge in [-0.3, -0.25) is 0 Å². The van der Waals surface area contributed by atoms with Crippen molar-refractivity contribution in [3.8, 4) is 0 Å². The van der Waals surface area contributed by atoms with Crippen molar-refractivity contribution in [1.82, 2.24) is 0 Å². The quantitative estimate of drug-likeness (QED) is 0.375. The van der Waals surface area contributed by atoms with Crippen LogP contribution < -0.4 is 5.90 Å². The zero-order valence-electron chi connectivity index (χ0n) is 5.93. The van der Waals surface area contributed by atoms with Crippen LogP contribution in [0.25, 0.3) is 0 Å². The topological polar surface area (TPSA) is 52.3 Å². The van der Waals surface area contributed by atoms with E-state index in [1.807, 2.05) is 0 Å². The number of hydrogen-bond acceptors (Lipinski definition) is 3. The Bertz CT molecular complexity index is 154. The molecule has 58 valence electrons. The second-order valence-electron chi connectivity index (χ2n) is 1.93. The first kappa shape index (κ1) is 9.46. The van der Waals surface area contributed by atoms with Crippen molar-refractivity contribution in [3.63, 3.8) is 0 Å². The number of alkyl halides is 1. The van der Waals surface area contributed by atoms with E-state index in [2.05, 4.69) is 10.7 Å². The molecule has 0 aromatic rings. The van der Waals surface area contributed by atoms with Crippen molar-refractivity contribution in [2.75, 3.05) is 0 Å². The van der Waals surface area contributed by atoms with Gasteiger partial charge >= 0.3 is 5.97 Å². The molecule has 0 bridgehead atoms. The second-order valence-corrected chi connectivity index (χ2v) is 2.62. The maximum atomic E-state index is 10.6. The molecular formula is C6H10ClNO2. The van der Waals surface area contributed by atoms with Crippen molar-refractivity contribution < 1.29 is 9.63 Å². The molecule has 4 heteroatoms. The molecule has 0 spiro atoms. The molecule has 3 nitrogen and oxygen atoms in total. The smallest absolute Gasteiger partial charge is 0.351 e. The van der Waals surface area contributed by atoms with Crippen LogP contribution >= 0.6 is 11.6 Å². The number of carbonyl (C=O) groups is 1. The van der Waals surface area contributed by atoms with E-state index in [1.54, 1.807) is 19.9 Å². The summed E-state index contributed by atoms with van der Waals surface area (Å²) in [5.74, 6) is 4.07. The van der Waals surface area contributed by atoms with Gasteiger partial charge in [0, 0.05) is 11.0 Å². The highest BCUT2D eigenvalue weighted by Crippen LogP contribution is 2.02. The minimum absolute atomic E-state index is 0.181. The van der Waals surface area contributed by atoms with Crippen LogP contribution in [0.5, 0.6) is 0 Å². The molecule has 0 amide bonds. The summed E-state index contributed by atoms with van der Waals surface area (Å²) in [6.45, 7) is 3.34. The summed E-state index contributed by atoms with van der Waals surface area (Å²) < 4.78 is 0. The minimum atomic E-state index is -0.549. The third-order valence-corrected chi connectivity index (χ3v) is 1.03. The molecule has 0 aromatic heterocycles. The van der Waals surface area contributed by atoms with Crippen molar-refractivity contribution >= 4 is 17.6 Å². The Morgan fingerprint density at radius 3 is 2.60 bits per heavy atom. The molecule has 1 unspecified atom stereocenters. The van der Waals surface area contributed by atoms with Gasteiger partial charge in [0.25, 0.3) is 0 Å². The zero-order chi connectivity index (χ0) is 8.15. The van der Waals surface area contributed by atoms with Crippen LogP contribution in [0.2, 0.25) is 0 Å². The molecule has 0 aliphatic rings. The van der Waals surface area contributed by atoms with Gasteiger partial charge < -0.3 is 4.84 Å². The summed E-state index contributed by atoms with van der Waals surface area (Å²) in [5.41, 5.74) is 0.421. The van der Waals surface area contributed by atoms with Crippen LogP contribution in [0.15, 0.2) is 11.6 Å². The zero-order valence-corrected chi connectivity index (χ0v) is 6.68. The molecule has 2 N–H and O–H groups in total. The lowest BCUT2D eigenvalue weighted by Gasteiger charge is -1.97. The average molecular weight is 164 g/mol. The van der Waals surface area contributed by atoms with E-state index in [0.717, 1.165) is 0 Å². The Morgan fingerprint density at radius 1 is 1.80 bits per heavy atom. The van der Waals surface area contributed by atoms with E-state index in [1.165, 1.54) is 0 Å². The molecule has 0 fully saturated rings. The lowest BCUT2D eigenvalue weighted by molar-refractivity contribution is -0.139. The first-order valence-corrected chi connectivity index (χ1v) is 3.25. The van der Waals surface area contributed by atoms with Crippen molar-refractivity contribution in [3.05, 3.63) is 11.6 Å². The second kappa shape index (κ2) is 4.30. The van der Waals surface area contributed by atoms with E-state index in [0.29, 0.717) is 5.57 Å². The third-order valence-electron chi connectivity index (χ3n) is 0.909. The summed E-state index contributed by atoms with van der Waals surface area (Å²) in [5, 5.41) is -0.181. The van der Waals surface area contributed by atoms with Crippen LogP contribution in [0.4, 0.5) is 0 Å². The monoisotopic (exact) mass is 163 g/mol. The number of carbonyl (C=O) groups excluding carboxylic acids is 1. The largest absolute Gasteiger partial charge is 0.370 e. The molecule has 0 saturated heterocycles. The average Bonchev–Trinajstić information content (AvgIpc) is 1.85. The minimum Gasteiger partial charge on any atom is -0.370 e. The lowest BCUT2D eigenvalue weighted by Crippen LogP contribution is -2.11. The number of allylic oxidation sites excluding steroid dienone is 1. The van der Waals surface area contributed by atoms with Gasteiger partial charge in [-0.1, -0.05) is 6.08 Å². The third kappa shape index (κ3) is 3.48. The first-order valence-electron chi connectivity index (χ1n) is 2.81. The highest BCUT2D eigenvalue weighted by molar-refractivity contribution is 6.21. The fraction of sp³-hybridized carbons (Fsp3) is 0.500. The van der Waals surface area contributed by atoms with Crippen LogP contribution in [0.3, 0.4) is 0 Å². The van der Waals surface area contributed by atoms with Gasteiger partial charge in [0.2, 0.25) is 0 Å². The molecular weight excluding hydrogens is 154 g/mol. The van der Waals surface area contributed by atoms with Crippen LogP contribution in [0, 0.1) is 0 Å². The van der Waals surface area contributed by atoms with Crippen molar-refractivity contribution in [2.24, 2.45) is 5.90 Å². The van der Waals surface area contributed by atoms with Gasteiger partial charge in [-0.25, -0.2) is 4.79 Å². The fourth-order valence-corrected chi connectivity index (χ4v) is 0.694. The highest BCUT2D eigenvalue weighted by Gasteiger charge is 2.03. The van der Waals surface area contributed by atoms with Gasteiger partial charge in [0.15, 0.2) is 0 Å². The van der Waals surface area contributed by atoms with E-state index in [4.69, 9.17) is 11.6 Å². The fourth-order valence-electron chi connectivity index (χ4n) is 0.505. The number of halogens is 1. The summed E-state index contributed by atoms with van der Waals surface area (Å²) in [6.07, 6.45) is 1.57. The Kier molecular flexibility index (Phi) is 4.07. The maximum absolute atomic E-state index is 10.6. The van der Waals surface area contributed by atoms with Gasteiger partial charge in [0.1, 0.15) is 0 Å². The molecule has 0 rings (SSSR count). The molecule has 0 heterocycles. The summed E-state index contributed by atoms with van der Waals surface area (Å²) in [7, 11) is 0. The number of hydrogen-bond donors (Lipinski definition) is 1. The van der Waals surface area contributed by atoms with Crippen LogP contribution in [-0.4, -0.2) is 11.3 Å². The summed E-state index contributed by atoms with van der Waals surface area (Å²) >= 11 is 5.55. The van der Waals surface area contributed by atoms with Gasteiger partial charge in [0.05, 0.1) is 0 Å². The van der Waals surface area contributed by atoms with Gasteiger partial charge in [-0.05, 0) is 13.8 Å². The molecule has 0 aliphatic carbocycles. The molecule has 0 radical (unpaired) electrons. The van der Waals surface area contributed by atoms with E-state index < -0.39 is 5.97 Å². The van der Waals surface area contributed by atoms with Crippen molar-refractivity contribution in [1.29, 1.82) is 0 Å². The highest BCUT2D eigenvalue weighted by atomic mass is 35.5. The molecule has 0 aromatic carbocycles. The first-order chi connectivity index (χ1) is 4.57. The number of rotatable bonds is 2. The summed E-state index contributed by atoms with van der Waals surface area (Å²) in [6, 6.07) is 0. The van der Waals surface area contributed by atoms with Crippen LogP contribution in [0.1, 0.15) is 13.8 Å². The molecule has 1 atom stereocenters. The maximum Gasteiger partial charge on any atom is 0.351 e. The Morgan fingerprint density at radius 2 is 2.30 bits per heavy atom. The van der Waals surface area contributed by atoms with E-state index in [-0.39, 0.29) is 5.38 Å². The Balaban J connectivity index is 4.05. The predicted molar refractivity (Wildman–Crippen MR) is 39.4 cm³/mol. The van der Waals surface area contributed by atoms with E-state index >= 15 is 0 Å². The standard InChI is InChI=1S/C6H10ClNO2/c1-4(3-5(2)7)6(9)10-8/h3,5H,8H2,1-2H3. The van der Waals surface area contributed by atoms with Gasteiger partial charge in [-0.2, -0.15) is 5.90 Å². The van der Waals surface area contributed by atoms with Crippen LogP contribution in [-0.2, 0) is 9.63 Å². The number of nitrogens with two attached hydrogens (primary N) is 1. The lowest BCUT2D eigenvalue weighted by atomic mass is 10.2. The van der Waals surface area contributed by atoms with Gasteiger partial charge in [-0.15, -0.1) is 11.6 Å². The SMILES string of the molecule is CC(=CC(C)Cl)C(=O)ON. The molecule has 0 aliphatic heterocycles. The molecule has 10 heavy (non-hydrogen) atoms. The Hall–Kier alpha value is -0.540.